The lowest BCUT2D eigenvalue weighted by molar-refractivity contribution is 0.0447. The monoisotopic (exact) mass is 542 g/mol. The zero-order chi connectivity index (χ0) is 28.6. The Balaban J connectivity index is 1.43. The van der Waals surface area contributed by atoms with Gasteiger partial charge >= 0.3 is 11.9 Å². The average Bonchev–Trinajstić information content (AvgIpc) is 2.99. The van der Waals surface area contributed by atoms with Crippen LogP contribution < -0.4 is 9.47 Å². The van der Waals surface area contributed by atoms with Crippen LogP contribution in [-0.4, -0.2) is 25.2 Å². The Bertz CT molecular complexity index is 1180. The van der Waals surface area contributed by atoms with E-state index < -0.39 is 5.97 Å². The Morgan fingerprint density at radius 1 is 0.725 bits per heavy atom. The van der Waals surface area contributed by atoms with E-state index in [1.54, 1.807) is 36.4 Å². The van der Waals surface area contributed by atoms with Crippen molar-refractivity contribution < 1.29 is 23.8 Å². The molecule has 0 spiro atoms. The lowest BCUT2D eigenvalue weighted by atomic mass is 10.0. The molecule has 0 aliphatic carbocycles. The van der Waals surface area contributed by atoms with Crippen LogP contribution in [0.3, 0.4) is 0 Å². The van der Waals surface area contributed by atoms with E-state index in [9.17, 15) is 9.59 Å². The molecule has 0 bridgehead atoms. The summed E-state index contributed by atoms with van der Waals surface area (Å²) in [4.78, 5) is 24.8. The van der Waals surface area contributed by atoms with Gasteiger partial charge in [0, 0.05) is 0 Å². The number of benzene rings is 3. The minimum atomic E-state index is -0.459. The summed E-state index contributed by atoms with van der Waals surface area (Å²) in [7, 11) is 0. The highest BCUT2D eigenvalue weighted by atomic mass is 16.5. The van der Waals surface area contributed by atoms with Gasteiger partial charge in [-0.05, 0) is 84.8 Å². The second-order valence-electron chi connectivity index (χ2n) is 10.2. The van der Waals surface area contributed by atoms with Crippen molar-refractivity contribution in [2.24, 2.45) is 5.92 Å². The second-order valence-corrected chi connectivity index (χ2v) is 10.2. The summed E-state index contributed by atoms with van der Waals surface area (Å²) in [5, 5.41) is 0. The SMILES string of the molecule is C=CCCCCCCCCOc1ccc(-c2ccc(C(=O)Oc3ccc(C(=O)OCC(C)CC)cc3)cc2)cc1. The van der Waals surface area contributed by atoms with Gasteiger partial charge in [-0.15, -0.1) is 6.58 Å². The molecule has 0 saturated carbocycles. The molecule has 40 heavy (non-hydrogen) atoms. The lowest BCUT2D eigenvalue weighted by Gasteiger charge is -2.10. The number of hydrogen-bond donors (Lipinski definition) is 0. The lowest BCUT2D eigenvalue weighted by Crippen LogP contribution is -2.12. The summed E-state index contributed by atoms with van der Waals surface area (Å²) in [6.07, 6.45) is 11.4. The molecular formula is C35H42O5. The molecule has 3 aromatic carbocycles. The first-order chi connectivity index (χ1) is 19.5. The van der Waals surface area contributed by atoms with E-state index in [-0.39, 0.29) is 5.97 Å². The van der Waals surface area contributed by atoms with Crippen LogP contribution in [0.15, 0.2) is 85.5 Å². The van der Waals surface area contributed by atoms with Gasteiger partial charge in [0.2, 0.25) is 0 Å². The van der Waals surface area contributed by atoms with Gasteiger partial charge in [0.1, 0.15) is 11.5 Å². The summed E-state index contributed by atoms with van der Waals surface area (Å²) in [6, 6.07) is 21.7. The number of rotatable bonds is 17. The third kappa shape index (κ3) is 10.4. The molecule has 0 aliphatic rings. The van der Waals surface area contributed by atoms with E-state index in [0.717, 1.165) is 42.7 Å². The van der Waals surface area contributed by atoms with Gasteiger partial charge in [-0.3, -0.25) is 0 Å². The molecule has 0 amide bonds. The minimum Gasteiger partial charge on any atom is -0.494 e. The first kappa shape index (κ1) is 30.7. The number of esters is 2. The Morgan fingerprint density at radius 2 is 1.25 bits per heavy atom. The number of carbonyl (C=O) groups excluding carboxylic acids is 2. The predicted octanol–water partition coefficient (Wildman–Crippen LogP) is 9.07. The fourth-order valence-corrected chi connectivity index (χ4v) is 4.07. The van der Waals surface area contributed by atoms with Crippen LogP contribution in [0.2, 0.25) is 0 Å². The molecule has 5 heteroatoms. The number of ether oxygens (including phenoxy) is 3. The molecule has 1 atom stereocenters. The maximum atomic E-state index is 12.6. The van der Waals surface area contributed by atoms with E-state index >= 15 is 0 Å². The summed E-state index contributed by atoms with van der Waals surface area (Å²) >= 11 is 0. The number of carbonyl (C=O) groups is 2. The predicted molar refractivity (Wildman–Crippen MR) is 161 cm³/mol. The Hall–Kier alpha value is -3.86. The van der Waals surface area contributed by atoms with Crippen molar-refractivity contribution in [3.8, 4) is 22.6 Å². The second kappa shape index (κ2) is 17.0. The molecule has 0 heterocycles. The molecule has 0 radical (unpaired) electrons. The molecule has 0 aliphatic heterocycles. The van der Waals surface area contributed by atoms with Crippen molar-refractivity contribution >= 4 is 11.9 Å². The standard InChI is InChI=1S/C35H42O5/c1-4-6-7-8-9-10-11-12-25-38-32-21-17-29(18-22-32)28-13-15-31(16-14-28)35(37)40-33-23-19-30(20-24-33)34(36)39-26-27(3)5-2/h4,13-24,27H,1,5-12,25-26H2,2-3H3. The summed E-state index contributed by atoms with van der Waals surface area (Å²) in [5.74, 6) is 0.710. The van der Waals surface area contributed by atoms with Crippen molar-refractivity contribution in [3.63, 3.8) is 0 Å². The number of hydrogen-bond acceptors (Lipinski definition) is 5. The maximum absolute atomic E-state index is 12.6. The van der Waals surface area contributed by atoms with Gasteiger partial charge in [0.25, 0.3) is 0 Å². The Kier molecular flexibility index (Phi) is 13.0. The summed E-state index contributed by atoms with van der Waals surface area (Å²) < 4.78 is 16.7. The van der Waals surface area contributed by atoms with Gasteiger partial charge in [0.15, 0.2) is 0 Å². The molecule has 0 fully saturated rings. The fraction of sp³-hybridized carbons (Fsp3) is 0.371. The van der Waals surface area contributed by atoms with Crippen LogP contribution in [0.4, 0.5) is 0 Å². The molecular weight excluding hydrogens is 500 g/mol. The van der Waals surface area contributed by atoms with Crippen LogP contribution >= 0.6 is 0 Å². The summed E-state index contributed by atoms with van der Waals surface area (Å²) in [6.45, 7) is 8.97. The van der Waals surface area contributed by atoms with Gasteiger partial charge in [0.05, 0.1) is 24.3 Å². The number of unbranched alkanes of at least 4 members (excludes halogenated alkanes) is 6. The van der Waals surface area contributed by atoms with Crippen LogP contribution in [0.5, 0.6) is 11.5 Å². The Morgan fingerprint density at radius 3 is 1.88 bits per heavy atom. The smallest absolute Gasteiger partial charge is 0.343 e. The average molecular weight is 543 g/mol. The minimum absolute atomic E-state index is 0.316. The van der Waals surface area contributed by atoms with Crippen LogP contribution in [0, 0.1) is 5.92 Å². The highest BCUT2D eigenvalue weighted by Crippen LogP contribution is 2.24. The third-order valence-electron chi connectivity index (χ3n) is 6.88. The van der Waals surface area contributed by atoms with Gasteiger partial charge in [-0.2, -0.15) is 0 Å². The van der Waals surface area contributed by atoms with Crippen molar-refractivity contribution in [2.45, 2.75) is 65.2 Å². The highest BCUT2D eigenvalue weighted by molar-refractivity contribution is 5.92. The Labute approximate surface area is 239 Å². The topological polar surface area (TPSA) is 61.8 Å². The van der Waals surface area contributed by atoms with Crippen molar-refractivity contribution in [2.75, 3.05) is 13.2 Å². The van der Waals surface area contributed by atoms with Gasteiger partial charge in [-0.25, -0.2) is 9.59 Å². The van der Waals surface area contributed by atoms with E-state index in [1.807, 2.05) is 49.4 Å². The first-order valence-electron chi connectivity index (χ1n) is 14.4. The normalized spacial score (nSPS) is 11.4. The van der Waals surface area contributed by atoms with E-state index in [4.69, 9.17) is 14.2 Å². The van der Waals surface area contributed by atoms with E-state index in [2.05, 4.69) is 13.5 Å². The first-order valence-corrected chi connectivity index (χ1v) is 14.4. The highest BCUT2D eigenvalue weighted by Gasteiger charge is 2.12. The molecule has 212 valence electrons. The van der Waals surface area contributed by atoms with Crippen LogP contribution in [0.25, 0.3) is 11.1 Å². The zero-order valence-corrected chi connectivity index (χ0v) is 23.9. The quantitative estimate of drug-likeness (QED) is 0.0737. The van der Waals surface area contributed by atoms with Crippen LogP contribution in [-0.2, 0) is 4.74 Å². The van der Waals surface area contributed by atoms with Gasteiger partial charge < -0.3 is 14.2 Å². The molecule has 0 N–H and O–H groups in total. The number of allylic oxidation sites excluding steroid dienone is 1. The van der Waals surface area contributed by atoms with Crippen LogP contribution in [0.1, 0.15) is 85.9 Å². The molecule has 1 unspecified atom stereocenters. The maximum Gasteiger partial charge on any atom is 0.343 e. The fourth-order valence-electron chi connectivity index (χ4n) is 4.07. The molecule has 3 rings (SSSR count). The molecule has 5 nitrogen and oxygen atoms in total. The van der Waals surface area contributed by atoms with E-state index in [1.165, 1.54) is 32.1 Å². The zero-order valence-electron chi connectivity index (χ0n) is 23.9. The van der Waals surface area contributed by atoms with E-state index in [0.29, 0.717) is 29.4 Å². The van der Waals surface area contributed by atoms with Crippen molar-refractivity contribution in [1.82, 2.24) is 0 Å². The van der Waals surface area contributed by atoms with Gasteiger partial charge in [-0.1, -0.05) is 76.3 Å². The third-order valence-corrected chi connectivity index (χ3v) is 6.88. The molecule has 0 saturated heterocycles. The summed E-state index contributed by atoms with van der Waals surface area (Å²) in [5.41, 5.74) is 2.92. The van der Waals surface area contributed by atoms with Crippen molar-refractivity contribution in [1.29, 1.82) is 0 Å². The largest absolute Gasteiger partial charge is 0.494 e. The van der Waals surface area contributed by atoms with Crippen molar-refractivity contribution in [3.05, 3.63) is 96.6 Å². The molecule has 3 aromatic rings. The molecule has 0 aromatic heterocycles.